The fourth-order valence-corrected chi connectivity index (χ4v) is 3.09. The molecule has 0 unspecified atom stereocenters. The van der Waals surface area contributed by atoms with E-state index >= 15 is 0 Å². The van der Waals surface area contributed by atoms with Gasteiger partial charge in [-0.25, -0.2) is 4.79 Å². The summed E-state index contributed by atoms with van der Waals surface area (Å²) in [6.45, 7) is 9.78. The third kappa shape index (κ3) is 4.13. The zero-order valence-electron chi connectivity index (χ0n) is 16.2. The molecule has 1 aromatic rings. The average Bonchev–Trinajstić information content (AvgIpc) is 2.77. The van der Waals surface area contributed by atoms with Crippen molar-refractivity contribution < 1.29 is 18.8 Å². The predicted molar refractivity (Wildman–Crippen MR) is 102 cm³/mol. The molecule has 0 aliphatic carbocycles. The molecule has 0 aromatic heterocycles. The van der Waals surface area contributed by atoms with E-state index in [1.54, 1.807) is 4.90 Å². The average molecular weight is 357 g/mol. The topological polar surface area (TPSA) is 48.0 Å². The fraction of sp³-hybridized carbons (Fsp3) is 0.550. The minimum absolute atomic E-state index is 0.266. The number of nitrogens with zero attached hydrogens (tertiary/aromatic N) is 1. The molecule has 2 heterocycles. The Morgan fingerprint density at radius 3 is 2.42 bits per heavy atom. The first-order valence-corrected chi connectivity index (χ1v) is 9.29. The van der Waals surface area contributed by atoms with Gasteiger partial charge in [-0.1, -0.05) is 36.4 Å². The van der Waals surface area contributed by atoms with Crippen LogP contribution in [-0.4, -0.2) is 42.4 Å². The molecule has 0 radical (unpaired) electrons. The van der Waals surface area contributed by atoms with E-state index in [-0.39, 0.29) is 24.4 Å². The number of carbonyl (C=O) groups excluding carboxylic acids is 1. The van der Waals surface area contributed by atoms with Gasteiger partial charge in [0.05, 0.1) is 11.2 Å². The third-order valence-corrected chi connectivity index (χ3v) is 5.50. The molecule has 26 heavy (non-hydrogen) atoms. The van der Waals surface area contributed by atoms with Gasteiger partial charge in [-0.05, 0) is 51.6 Å². The van der Waals surface area contributed by atoms with Crippen molar-refractivity contribution >= 4 is 13.2 Å². The highest BCUT2D eigenvalue weighted by atomic mass is 16.7. The van der Waals surface area contributed by atoms with E-state index in [0.717, 1.165) is 23.9 Å². The van der Waals surface area contributed by atoms with Crippen LogP contribution in [0, 0.1) is 0 Å². The lowest BCUT2D eigenvalue weighted by atomic mass is 9.76. The van der Waals surface area contributed by atoms with E-state index in [1.165, 1.54) is 0 Å². The van der Waals surface area contributed by atoms with Crippen molar-refractivity contribution in [1.82, 2.24) is 4.90 Å². The molecule has 5 nitrogen and oxygen atoms in total. The van der Waals surface area contributed by atoms with Crippen LogP contribution in [0.3, 0.4) is 0 Å². The van der Waals surface area contributed by atoms with Crippen LogP contribution in [0.2, 0.25) is 0 Å². The maximum Gasteiger partial charge on any atom is 0.490 e. The van der Waals surface area contributed by atoms with Crippen LogP contribution in [-0.2, 0) is 20.7 Å². The van der Waals surface area contributed by atoms with Crippen LogP contribution in [0.4, 0.5) is 4.79 Å². The van der Waals surface area contributed by atoms with Crippen LogP contribution in [0.15, 0.2) is 41.9 Å². The Kier molecular flexibility index (Phi) is 5.44. The zero-order valence-corrected chi connectivity index (χ0v) is 16.2. The minimum Gasteiger partial charge on any atom is -0.445 e. The minimum atomic E-state index is -0.348. The molecular formula is C20H28BNO4. The maximum absolute atomic E-state index is 12.4. The van der Waals surface area contributed by atoms with Gasteiger partial charge >= 0.3 is 13.2 Å². The van der Waals surface area contributed by atoms with Crippen molar-refractivity contribution in [1.29, 1.82) is 0 Å². The highest BCUT2D eigenvalue weighted by molar-refractivity contribution is 6.54. The number of benzene rings is 1. The Morgan fingerprint density at radius 1 is 1.12 bits per heavy atom. The highest BCUT2D eigenvalue weighted by Crippen LogP contribution is 2.39. The van der Waals surface area contributed by atoms with E-state index < -0.39 is 0 Å². The largest absolute Gasteiger partial charge is 0.490 e. The molecule has 6 heteroatoms. The van der Waals surface area contributed by atoms with Crippen molar-refractivity contribution in [2.24, 2.45) is 0 Å². The second-order valence-electron chi connectivity index (χ2n) is 7.93. The first kappa shape index (κ1) is 19.0. The van der Waals surface area contributed by atoms with Crippen LogP contribution in [0.5, 0.6) is 0 Å². The molecule has 1 aromatic carbocycles. The van der Waals surface area contributed by atoms with Gasteiger partial charge in [-0.2, -0.15) is 0 Å². The normalized spacial score (nSPS) is 21.9. The molecule has 0 spiro atoms. The van der Waals surface area contributed by atoms with Gasteiger partial charge in [-0.3, -0.25) is 0 Å². The van der Waals surface area contributed by atoms with Gasteiger partial charge in [0.25, 0.3) is 0 Å². The Labute approximate surface area is 156 Å². The Morgan fingerprint density at radius 2 is 1.77 bits per heavy atom. The standard InChI is InChI=1S/C20H28BNO4/c1-19(2)20(3,4)26-21(25-19)17-11-8-13-22(14-12-17)18(23)24-15-16-9-6-5-7-10-16/h5-7,9-11H,8,12-15H2,1-4H3. The van der Waals surface area contributed by atoms with Crippen molar-refractivity contribution in [3.05, 3.63) is 47.4 Å². The third-order valence-electron chi connectivity index (χ3n) is 5.50. The molecule has 2 aliphatic rings. The van der Waals surface area contributed by atoms with E-state index in [0.29, 0.717) is 19.7 Å². The first-order valence-electron chi connectivity index (χ1n) is 9.29. The number of amides is 1. The Balaban J connectivity index is 1.53. The summed E-state index contributed by atoms with van der Waals surface area (Å²) in [7, 11) is -0.333. The summed E-state index contributed by atoms with van der Waals surface area (Å²) < 4.78 is 17.7. The molecule has 1 saturated heterocycles. The lowest BCUT2D eigenvalue weighted by molar-refractivity contribution is 0.00578. The van der Waals surface area contributed by atoms with Gasteiger partial charge in [0.15, 0.2) is 0 Å². The zero-order chi connectivity index (χ0) is 18.8. The molecule has 2 aliphatic heterocycles. The summed E-state index contributed by atoms with van der Waals surface area (Å²) >= 11 is 0. The lowest BCUT2D eigenvalue weighted by Crippen LogP contribution is -2.41. The van der Waals surface area contributed by atoms with Gasteiger partial charge in [0.1, 0.15) is 6.61 Å². The second kappa shape index (κ2) is 7.45. The summed E-state index contributed by atoms with van der Waals surface area (Å²) in [5.74, 6) is 0. The lowest BCUT2D eigenvalue weighted by Gasteiger charge is -2.32. The van der Waals surface area contributed by atoms with E-state index in [9.17, 15) is 4.79 Å². The number of hydrogen-bond donors (Lipinski definition) is 0. The molecule has 0 N–H and O–H groups in total. The number of carbonyl (C=O) groups is 1. The van der Waals surface area contributed by atoms with Crippen molar-refractivity contribution in [2.75, 3.05) is 13.1 Å². The summed E-state index contributed by atoms with van der Waals surface area (Å²) in [6, 6.07) is 9.73. The number of rotatable bonds is 3. The molecule has 3 rings (SSSR count). The second-order valence-corrected chi connectivity index (χ2v) is 7.93. The summed E-state index contributed by atoms with van der Waals surface area (Å²) in [5, 5.41) is 0. The van der Waals surface area contributed by atoms with Gasteiger partial charge in [0, 0.05) is 13.1 Å². The number of hydrogen-bond acceptors (Lipinski definition) is 4. The van der Waals surface area contributed by atoms with Crippen molar-refractivity contribution in [2.45, 2.75) is 58.3 Å². The molecule has 1 amide bonds. The molecule has 0 atom stereocenters. The first-order chi connectivity index (χ1) is 12.3. The predicted octanol–water partition coefficient (Wildman–Crippen LogP) is 3.98. The van der Waals surface area contributed by atoms with Crippen LogP contribution in [0.25, 0.3) is 0 Å². The van der Waals surface area contributed by atoms with Gasteiger partial charge < -0.3 is 18.9 Å². The summed E-state index contributed by atoms with van der Waals surface area (Å²) in [5.41, 5.74) is 1.41. The molecule has 1 fully saturated rings. The van der Waals surface area contributed by atoms with Crippen LogP contribution < -0.4 is 0 Å². The SMILES string of the molecule is CC1(C)OB(C2=CCCN(C(=O)OCc3ccccc3)CC2)OC1(C)C. The van der Waals surface area contributed by atoms with Crippen LogP contribution in [0.1, 0.15) is 46.1 Å². The van der Waals surface area contributed by atoms with Gasteiger partial charge in [-0.15, -0.1) is 0 Å². The summed E-state index contributed by atoms with van der Waals surface area (Å²) in [6.07, 6.45) is 3.39. The van der Waals surface area contributed by atoms with Gasteiger partial charge in [0.2, 0.25) is 0 Å². The summed E-state index contributed by atoms with van der Waals surface area (Å²) in [4.78, 5) is 14.1. The Bertz CT molecular complexity index is 656. The Hall–Kier alpha value is -1.79. The smallest absolute Gasteiger partial charge is 0.445 e. The monoisotopic (exact) mass is 357 g/mol. The quantitative estimate of drug-likeness (QED) is 0.768. The van der Waals surface area contributed by atoms with E-state index in [1.807, 2.05) is 30.3 Å². The van der Waals surface area contributed by atoms with E-state index in [2.05, 4.69) is 33.8 Å². The number of ether oxygens (including phenoxy) is 1. The molecular weight excluding hydrogens is 329 g/mol. The van der Waals surface area contributed by atoms with Crippen molar-refractivity contribution in [3.63, 3.8) is 0 Å². The van der Waals surface area contributed by atoms with Crippen molar-refractivity contribution in [3.8, 4) is 0 Å². The molecule has 0 saturated carbocycles. The van der Waals surface area contributed by atoms with E-state index in [4.69, 9.17) is 14.0 Å². The fourth-order valence-electron chi connectivity index (χ4n) is 3.09. The molecule has 140 valence electrons. The van der Waals surface area contributed by atoms with Crippen LogP contribution >= 0.6 is 0 Å². The maximum atomic E-state index is 12.4. The molecule has 0 bridgehead atoms. The highest BCUT2D eigenvalue weighted by Gasteiger charge is 2.52.